The number of amides is 2. The Balaban J connectivity index is 2.29. The molecule has 0 aromatic carbocycles. The van der Waals surface area contributed by atoms with Crippen LogP contribution in [0, 0.1) is 11.8 Å². The number of hydrogen-bond acceptors (Lipinski definition) is 3. The van der Waals surface area contributed by atoms with Crippen LogP contribution < -0.4 is 5.32 Å². The van der Waals surface area contributed by atoms with Gasteiger partial charge in [0, 0.05) is 6.61 Å². The number of rotatable bonds is 5. The van der Waals surface area contributed by atoms with Crippen LogP contribution in [0.4, 0.5) is 0 Å². The number of hydrogen-bond donors (Lipinski definition) is 1. The van der Waals surface area contributed by atoms with E-state index in [1.165, 1.54) is 0 Å². The van der Waals surface area contributed by atoms with Gasteiger partial charge in [-0.3, -0.25) is 9.59 Å². The van der Waals surface area contributed by atoms with Crippen molar-refractivity contribution in [2.45, 2.75) is 65.1 Å². The molecule has 5 atom stereocenters. The van der Waals surface area contributed by atoms with E-state index in [2.05, 4.69) is 12.2 Å². The van der Waals surface area contributed by atoms with Crippen LogP contribution in [0.2, 0.25) is 0 Å². The lowest BCUT2D eigenvalue weighted by Gasteiger charge is -2.45. The van der Waals surface area contributed by atoms with E-state index in [0.717, 1.165) is 19.3 Å². The van der Waals surface area contributed by atoms with Crippen molar-refractivity contribution in [2.75, 3.05) is 13.2 Å². The van der Waals surface area contributed by atoms with Crippen molar-refractivity contribution in [1.82, 2.24) is 10.2 Å². The number of carbonyl (C=O) groups is 2. The predicted molar refractivity (Wildman–Crippen MR) is 80.7 cm³/mol. The van der Waals surface area contributed by atoms with E-state index in [1.807, 2.05) is 25.7 Å². The Labute approximate surface area is 127 Å². The Morgan fingerprint density at radius 1 is 1.24 bits per heavy atom. The molecule has 0 aliphatic carbocycles. The van der Waals surface area contributed by atoms with E-state index in [-0.39, 0.29) is 41.8 Å². The molecule has 2 fully saturated rings. The van der Waals surface area contributed by atoms with Gasteiger partial charge in [-0.1, -0.05) is 40.5 Å². The quantitative estimate of drug-likeness (QED) is 0.837. The molecule has 5 heteroatoms. The van der Waals surface area contributed by atoms with Crippen molar-refractivity contribution < 1.29 is 14.3 Å². The highest BCUT2D eigenvalue weighted by molar-refractivity contribution is 5.97. The summed E-state index contributed by atoms with van der Waals surface area (Å²) in [5, 5.41) is 2.96. The van der Waals surface area contributed by atoms with Crippen molar-refractivity contribution in [2.24, 2.45) is 11.8 Å². The second-order valence-corrected chi connectivity index (χ2v) is 6.47. The second-order valence-electron chi connectivity index (χ2n) is 6.47. The summed E-state index contributed by atoms with van der Waals surface area (Å²) in [5.41, 5.74) is 0. The second kappa shape index (κ2) is 6.77. The topological polar surface area (TPSA) is 58.6 Å². The predicted octanol–water partition coefficient (Wildman–Crippen LogP) is 1.56. The molecule has 2 amide bonds. The van der Waals surface area contributed by atoms with E-state index in [1.54, 1.807) is 0 Å². The van der Waals surface area contributed by atoms with Gasteiger partial charge in [-0.2, -0.15) is 0 Å². The molecule has 0 spiro atoms. The minimum absolute atomic E-state index is 0.00106. The first-order chi connectivity index (χ1) is 10.0. The third-order valence-corrected chi connectivity index (χ3v) is 5.08. The summed E-state index contributed by atoms with van der Waals surface area (Å²) in [6.07, 6.45) is 2.59. The van der Waals surface area contributed by atoms with E-state index in [4.69, 9.17) is 4.74 Å². The van der Waals surface area contributed by atoms with E-state index in [0.29, 0.717) is 13.2 Å². The van der Waals surface area contributed by atoms with Crippen LogP contribution in [0.15, 0.2) is 0 Å². The standard InChI is InChI=1S/C16H28N2O3/c1-5-10(3)13-16(20)18(12-7-8-21-9-12)14(11(4)6-2)15(19)17-13/h10-14H,5-9H2,1-4H3,(H,17,19). The average Bonchev–Trinajstić information content (AvgIpc) is 3.01. The lowest BCUT2D eigenvalue weighted by Crippen LogP contribution is -2.68. The maximum absolute atomic E-state index is 12.9. The molecule has 0 aromatic rings. The van der Waals surface area contributed by atoms with Crippen LogP contribution in [-0.4, -0.2) is 48.1 Å². The van der Waals surface area contributed by atoms with Gasteiger partial charge in [0.25, 0.3) is 0 Å². The van der Waals surface area contributed by atoms with Crippen LogP contribution in [-0.2, 0) is 14.3 Å². The van der Waals surface area contributed by atoms with Crippen LogP contribution >= 0.6 is 0 Å². The number of nitrogens with one attached hydrogen (secondary N) is 1. The van der Waals surface area contributed by atoms with Crippen LogP contribution in [0.5, 0.6) is 0 Å². The molecule has 2 rings (SSSR count). The van der Waals surface area contributed by atoms with E-state index >= 15 is 0 Å². The summed E-state index contributed by atoms with van der Waals surface area (Å²) in [6.45, 7) is 9.41. The SMILES string of the molecule is CCC(C)C1NC(=O)C(C(C)CC)N(C2CCOC2)C1=O. The van der Waals surface area contributed by atoms with Crippen LogP contribution in [0.3, 0.4) is 0 Å². The maximum Gasteiger partial charge on any atom is 0.246 e. The number of ether oxygens (including phenoxy) is 1. The first-order valence-electron chi connectivity index (χ1n) is 8.21. The zero-order valence-corrected chi connectivity index (χ0v) is 13.6. The first-order valence-corrected chi connectivity index (χ1v) is 8.21. The van der Waals surface area contributed by atoms with Gasteiger partial charge >= 0.3 is 0 Å². The molecule has 0 aromatic heterocycles. The highest BCUT2D eigenvalue weighted by Crippen LogP contribution is 2.28. The van der Waals surface area contributed by atoms with Gasteiger partial charge in [0.05, 0.1) is 12.6 Å². The van der Waals surface area contributed by atoms with Gasteiger partial charge in [-0.15, -0.1) is 0 Å². The van der Waals surface area contributed by atoms with Crippen LogP contribution in [0.1, 0.15) is 47.0 Å². The molecule has 0 radical (unpaired) electrons. The number of nitrogens with zero attached hydrogens (tertiary/aromatic N) is 1. The van der Waals surface area contributed by atoms with E-state index < -0.39 is 0 Å². The molecule has 5 unspecified atom stereocenters. The lowest BCUT2D eigenvalue weighted by molar-refractivity contribution is -0.156. The fraction of sp³-hybridized carbons (Fsp3) is 0.875. The molecule has 2 saturated heterocycles. The molecule has 2 aliphatic heterocycles. The van der Waals surface area contributed by atoms with Crippen molar-refractivity contribution in [1.29, 1.82) is 0 Å². The molecule has 2 heterocycles. The molecule has 2 aliphatic rings. The zero-order chi connectivity index (χ0) is 15.6. The van der Waals surface area contributed by atoms with E-state index in [9.17, 15) is 9.59 Å². The largest absolute Gasteiger partial charge is 0.379 e. The van der Waals surface area contributed by atoms with Gasteiger partial charge in [0.1, 0.15) is 12.1 Å². The summed E-state index contributed by atoms with van der Waals surface area (Å²) in [7, 11) is 0. The monoisotopic (exact) mass is 296 g/mol. The van der Waals surface area contributed by atoms with Gasteiger partial charge < -0.3 is 15.0 Å². The smallest absolute Gasteiger partial charge is 0.246 e. The fourth-order valence-corrected chi connectivity index (χ4v) is 3.25. The van der Waals surface area contributed by atoms with Gasteiger partial charge in [-0.05, 0) is 18.3 Å². The third-order valence-electron chi connectivity index (χ3n) is 5.08. The Morgan fingerprint density at radius 3 is 2.43 bits per heavy atom. The lowest BCUT2D eigenvalue weighted by atomic mass is 9.88. The third kappa shape index (κ3) is 3.07. The van der Waals surface area contributed by atoms with Crippen molar-refractivity contribution in [3.05, 3.63) is 0 Å². The summed E-state index contributed by atoms with van der Waals surface area (Å²) in [5.74, 6) is 0.391. The van der Waals surface area contributed by atoms with Gasteiger partial charge in [0.15, 0.2) is 0 Å². The Hall–Kier alpha value is -1.10. The fourth-order valence-electron chi connectivity index (χ4n) is 3.25. The average molecular weight is 296 g/mol. The highest BCUT2D eigenvalue weighted by atomic mass is 16.5. The zero-order valence-electron chi connectivity index (χ0n) is 13.6. The van der Waals surface area contributed by atoms with Gasteiger partial charge in [0.2, 0.25) is 11.8 Å². The molecule has 0 saturated carbocycles. The summed E-state index contributed by atoms with van der Waals surface area (Å²) < 4.78 is 5.45. The summed E-state index contributed by atoms with van der Waals surface area (Å²) >= 11 is 0. The molecule has 1 N–H and O–H groups in total. The molecular weight excluding hydrogens is 268 g/mol. The normalized spacial score (nSPS) is 33.0. The number of carbonyl (C=O) groups excluding carboxylic acids is 2. The number of piperazine rings is 1. The van der Waals surface area contributed by atoms with Gasteiger partial charge in [-0.25, -0.2) is 0 Å². The highest BCUT2D eigenvalue weighted by Gasteiger charge is 2.47. The Morgan fingerprint density at radius 2 is 1.90 bits per heavy atom. The summed E-state index contributed by atoms with van der Waals surface area (Å²) in [4.78, 5) is 27.4. The maximum atomic E-state index is 12.9. The molecule has 120 valence electrons. The first kappa shape index (κ1) is 16.3. The Kier molecular flexibility index (Phi) is 5.25. The van der Waals surface area contributed by atoms with Crippen molar-refractivity contribution in [3.63, 3.8) is 0 Å². The Bertz CT molecular complexity index is 393. The minimum atomic E-state index is -0.386. The van der Waals surface area contributed by atoms with Crippen LogP contribution in [0.25, 0.3) is 0 Å². The van der Waals surface area contributed by atoms with Crippen molar-refractivity contribution in [3.8, 4) is 0 Å². The van der Waals surface area contributed by atoms with Crippen molar-refractivity contribution >= 4 is 11.8 Å². The molecular formula is C16H28N2O3. The molecule has 21 heavy (non-hydrogen) atoms. The molecule has 0 bridgehead atoms. The molecule has 5 nitrogen and oxygen atoms in total. The summed E-state index contributed by atoms with van der Waals surface area (Å²) in [6, 6.07) is -0.688. The minimum Gasteiger partial charge on any atom is -0.379 e.